The molecule has 0 saturated heterocycles. The van der Waals surface area contributed by atoms with Crippen LogP contribution in [0.4, 0.5) is 0 Å². The number of methoxy groups -OCH3 is 1. The fraction of sp³-hybridized carbons (Fsp3) is 0.200. The van der Waals surface area contributed by atoms with Gasteiger partial charge in [0.05, 0.1) is 24.2 Å². The van der Waals surface area contributed by atoms with Crippen LogP contribution >= 0.6 is 0 Å². The number of benzene rings is 3. The van der Waals surface area contributed by atoms with Gasteiger partial charge in [0.1, 0.15) is 11.6 Å². The second kappa shape index (κ2) is 8.03. The molecule has 0 fully saturated rings. The quantitative estimate of drug-likeness (QED) is 0.465. The van der Waals surface area contributed by atoms with Crippen LogP contribution in [-0.4, -0.2) is 34.5 Å². The molecule has 1 aromatic heterocycles. The summed E-state index contributed by atoms with van der Waals surface area (Å²) in [7, 11) is 3.47. The minimum absolute atomic E-state index is 0.0351. The van der Waals surface area contributed by atoms with Crippen molar-refractivity contribution in [2.75, 3.05) is 14.2 Å². The van der Waals surface area contributed by atoms with E-state index in [-0.39, 0.29) is 11.9 Å². The zero-order valence-electron chi connectivity index (χ0n) is 17.7. The smallest absolute Gasteiger partial charge is 0.254 e. The zero-order valence-corrected chi connectivity index (χ0v) is 17.7. The van der Waals surface area contributed by atoms with E-state index in [4.69, 9.17) is 9.72 Å². The van der Waals surface area contributed by atoms with Crippen LogP contribution in [0.15, 0.2) is 72.8 Å². The molecule has 1 amide bonds. The zero-order chi connectivity index (χ0) is 21.3. The molecule has 4 aromatic rings. The van der Waals surface area contributed by atoms with Crippen molar-refractivity contribution in [2.24, 2.45) is 0 Å². The fourth-order valence-electron chi connectivity index (χ4n) is 3.72. The van der Waals surface area contributed by atoms with Crippen molar-refractivity contribution in [2.45, 2.75) is 19.9 Å². The Bertz CT molecular complexity index is 1180. The predicted octanol–water partition coefficient (Wildman–Crippen LogP) is 5.18. The van der Waals surface area contributed by atoms with E-state index in [1.807, 2.05) is 81.6 Å². The van der Waals surface area contributed by atoms with Gasteiger partial charge in [0.15, 0.2) is 0 Å². The Balaban J connectivity index is 1.63. The van der Waals surface area contributed by atoms with Crippen molar-refractivity contribution in [1.29, 1.82) is 0 Å². The number of para-hydroxylation sites is 1. The largest absolute Gasteiger partial charge is 0.497 e. The predicted molar refractivity (Wildman–Crippen MR) is 119 cm³/mol. The summed E-state index contributed by atoms with van der Waals surface area (Å²) in [5, 5.41) is 0. The van der Waals surface area contributed by atoms with Crippen LogP contribution in [0.1, 0.15) is 34.7 Å². The summed E-state index contributed by atoms with van der Waals surface area (Å²) in [5.74, 6) is 1.66. The van der Waals surface area contributed by atoms with E-state index in [0.29, 0.717) is 5.56 Å². The molecule has 0 bridgehead atoms. The van der Waals surface area contributed by atoms with Crippen molar-refractivity contribution < 1.29 is 9.53 Å². The van der Waals surface area contributed by atoms with Crippen molar-refractivity contribution >= 4 is 16.9 Å². The van der Waals surface area contributed by atoms with E-state index in [2.05, 4.69) is 16.7 Å². The molecule has 1 unspecified atom stereocenters. The van der Waals surface area contributed by atoms with E-state index >= 15 is 0 Å². The average Bonchev–Trinajstić information content (AvgIpc) is 3.13. The Morgan fingerprint density at radius 1 is 1.03 bits per heavy atom. The minimum Gasteiger partial charge on any atom is -0.497 e. The molecule has 152 valence electrons. The number of carbonyl (C=O) groups is 1. The number of rotatable bonds is 5. The number of imidazole rings is 1. The highest BCUT2D eigenvalue weighted by Crippen LogP contribution is 2.26. The maximum atomic E-state index is 13.2. The second-order valence-electron chi connectivity index (χ2n) is 7.40. The van der Waals surface area contributed by atoms with Crippen molar-refractivity contribution in [3.8, 4) is 11.4 Å². The highest BCUT2D eigenvalue weighted by atomic mass is 16.5. The summed E-state index contributed by atoms with van der Waals surface area (Å²) in [6, 6.07) is 23.6. The van der Waals surface area contributed by atoms with Gasteiger partial charge in [0.25, 0.3) is 5.91 Å². The first-order valence-corrected chi connectivity index (χ1v) is 9.95. The second-order valence-corrected chi connectivity index (χ2v) is 7.40. The van der Waals surface area contributed by atoms with Crippen LogP contribution in [-0.2, 0) is 0 Å². The molecular weight excluding hydrogens is 374 g/mol. The molecule has 0 aliphatic carbocycles. The van der Waals surface area contributed by atoms with Gasteiger partial charge >= 0.3 is 0 Å². The molecule has 5 heteroatoms. The van der Waals surface area contributed by atoms with E-state index in [1.54, 1.807) is 12.0 Å². The maximum absolute atomic E-state index is 13.2. The summed E-state index contributed by atoms with van der Waals surface area (Å²) in [5.41, 5.74) is 4.54. The molecular formula is C25H25N3O2. The van der Waals surface area contributed by atoms with Gasteiger partial charge in [-0.05, 0) is 61.9 Å². The molecule has 0 radical (unpaired) electrons. The van der Waals surface area contributed by atoms with Crippen molar-refractivity contribution in [3.63, 3.8) is 0 Å². The highest BCUT2D eigenvalue weighted by Gasteiger charge is 2.20. The normalized spacial score (nSPS) is 12.0. The number of fused-ring (bicyclic) bond motifs is 1. The first-order valence-electron chi connectivity index (χ1n) is 9.95. The van der Waals surface area contributed by atoms with Crippen LogP contribution in [0.2, 0.25) is 0 Å². The number of ether oxygens (including phenoxy) is 1. The molecule has 1 atom stereocenters. The number of nitrogens with zero attached hydrogens (tertiary/aromatic N) is 3. The van der Waals surface area contributed by atoms with Crippen LogP contribution in [0.3, 0.4) is 0 Å². The lowest BCUT2D eigenvalue weighted by atomic mass is 10.1. The summed E-state index contributed by atoms with van der Waals surface area (Å²) in [4.78, 5) is 19.6. The Hall–Kier alpha value is -3.60. The van der Waals surface area contributed by atoms with Crippen LogP contribution in [0.5, 0.6) is 5.75 Å². The molecule has 5 nitrogen and oxygen atoms in total. The van der Waals surface area contributed by atoms with Gasteiger partial charge in [0.2, 0.25) is 0 Å². The number of hydrogen-bond donors (Lipinski definition) is 0. The Kier molecular flexibility index (Phi) is 5.27. The third-order valence-electron chi connectivity index (χ3n) is 5.58. The van der Waals surface area contributed by atoms with Gasteiger partial charge in [-0.25, -0.2) is 4.98 Å². The lowest BCUT2D eigenvalue weighted by molar-refractivity contribution is 0.0743. The topological polar surface area (TPSA) is 47.4 Å². The van der Waals surface area contributed by atoms with Crippen molar-refractivity contribution in [3.05, 3.63) is 89.7 Å². The lowest BCUT2D eigenvalue weighted by Crippen LogP contribution is -2.29. The number of carbonyl (C=O) groups excluding carboxylic acids is 1. The lowest BCUT2D eigenvalue weighted by Gasteiger charge is -2.25. The Morgan fingerprint density at radius 3 is 2.40 bits per heavy atom. The third-order valence-corrected chi connectivity index (χ3v) is 5.58. The van der Waals surface area contributed by atoms with Crippen LogP contribution < -0.4 is 4.74 Å². The molecule has 30 heavy (non-hydrogen) atoms. The summed E-state index contributed by atoms with van der Waals surface area (Å²) < 4.78 is 7.33. The fourth-order valence-corrected chi connectivity index (χ4v) is 3.72. The van der Waals surface area contributed by atoms with Gasteiger partial charge in [-0.2, -0.15) is 0 Å². The van der Waals surface area contributed by atoms with E-state index < -0.39 is 0 Å². The van der Waals surface area contributed by atoms with Crippen molar-refractivity contribution in [1.82, 2.24) is 14.5 Å². The summed E-state index contributed by atoms with van der Waals surface area (Å²) in [6.07, 6.45) is 0. The first-order chi connectivity index (χ1) is 14.5. The first kappa shape index (κ1) is 19.7. The van der Waals surface area contributed by atoms with E-state index in [1.165, 1.54) is 0 Å². The van der Waals surface area contributed by atoms with Gasteiger partial charge in [0, 0.05) is 18.3 Å². The monoisotopic (exact) mass is 399 g/mol. The molecule has 0 aliphatic heterocycles. The average molecular weight is 399 g/mol. The highest BCUT2D eigenvalue weighted by molar-refractivity contribution is 5.97. The van der Waals surface area contributed by atoms with Gasteiger partial charge < -0.3 is 9.64 Å². The van der Waals surface area contributed by atoms with E-state index in [0.717, 1.165) is 33.9 Å². The number of amides is 1. The molecule has 0 aliphatic rings. The third kappa shape index (κ3) is 3.54. The SMILES string of the molecule is COc1ccc(C(C)N(C)C(=O)c2ccc3c(c2)nc(C)n3-c2ccccc2)cc1. The number of aromatic nitrogens is 2. The molecule has 0 spiro atoms. The summed E-state index contributed by atoms with van der Waals surface area (Å²) >= 11 is 0. The molecule has 4 rings (SSSR count). The van der Waals surface area contributed by atoms with Gasteiger partial charge in [-0.3, -0.25) is 9.36 Å². The molecule has 1 heterocycles. The molecule has 0 saturated carbocycles. The van der Waals surface area contributed by atoms with Crippen LogP contribution in [0.25, 0.3) is 16.7 Å². The molecule has 0 N–H and O–H groups in total. The Morgan fingerprint density at radius 2 is 1.73 bits per heavy atom. The summed E-state index contributed by atoms with van der Waals surface area (Å²) in [6.45, 7) is 4.00. The van der Waals surface area contributed by atoms with Gasteiger partial charge in [-0.15, -0.1) is 0 Å². The number of aryl methyl sites for hydroxylation is 1. The van der Waals surface area contributed by atoms with Gasteiger partial charge in [-0.1, -0.05) is 30.3 Å². The molecule has 3 aromatic carbocycles. The Labute approximate surface area is 176 Å². The standard InChI is InChI=1S/C25H25N3O2/c1-17(19-10-13-22(30-4)14-11-19)27(3)25(29)20-12-15-24-23(16-20)26-18(2)28(24)21-8-6-5-7-9-21/h5-17H,1-4H3. The number of hydrogen-bond acceptors (Lipinski definition) is 3. The van der Waals surface area contributed by atoms with Crippen LogP contribution in [0, 0.1) is 6.92 Å². The van der Waals surface area contributed by atoms with E-state index in [9.17, 15) is 4.79 Å². The maximum Gasteiger partial charge on any atom is 0.254 e. The minimum atomic E-state index is -0.0669.